The van der Waals surface area contributed by atoms with Gasteiger partial charge in [0.25, 0.3) is 0 Å². The normalized spacial score (nSPS) is 10.5. The van der Waals surface area contributed by atoms with Crippen LogP contribution in [-0.4, -0.2) is 64.7 Å². The van der Waals surface area contributed by atoms with Gasteiger partial charge in [0.2, 0.25) is 0 Å². The van der Waals surface area contributed by atoms with Gasteiger partial charge in [-0.25, -0.2) is 14.4 Å². The minimum absolute atomic E-state index is 0.00194. The zero-order chi connectivity index (χ0) is 29.1. The van der Waals surface area contributed by atoms with Crippen LogP contribution in [-0.2, 0) is 28.6 Å². The summed E-state index contributed by atoms with van der Waals surface area (Å²) in [5.74, 6) is -0.937. The zero-order valence-electron chi connectivity index (χ0n) is 22.6. The number of hydrogen-bond acceptors (Lipinski definition) is 12. The van der Waals surface area contributed by atoms with E-state index in [1.807, 2.05) is 0 Å². The van der Waals surface area contributed by atoms with Gasteiger partial charge in [0, 0.05) is 23.8 Å². The number of ether oxygens (including phenoxy) is 7. The second kappa shape index (κ2) is 14.4. The Morgan fingerprint density at radius 3 is 1.85 bits per heavy atom. The maximum atomic E-state index is 13.2. The Labute approximate surface area is 229 Å². The van der Waals surface area contributed by atoms with Gasteiger partial charge >= 0.3 is 17.9 Å². The van der Waals surface area contributed by atoms with Gasteiger partial charge in [0.1, 0.15) is 28.2 Å². The molecule has 0 bridgehead atoms. The summed E-state index contributed by atoms with van der Waals surface area (Å²) >= 11 is 0. The molecule has 0 unspecified atom stereocenters. The second-order valence-electron chi connectivity index (χ2n) is 7.92. The molecule has 1 heterocycles. The molecule has 214 valence electrons. The van der Waals surface area contributed by atoms with E-state index in [0.717, 1.165) is 0 Å². The van der Waals surface area contributed by atoms with Gasteiger partial charge in [0.15, 0.2) is 36.7 Å². The fourth-order valence-electron chi connectivity index (χ4n) is 3.53. The van der Waals surface area contributed by atoms with Crippen molar-refractivity contribution in [2.75, 3.05) is 46.8 Å². The smallest absolute Gasteiger partial charge is 0.344 e. The van der Waals surface area contributed by atoms with Crippen LogP contribution in [0.2, 0.25) is 0 Å². The quantitative estimate of drug-likeness (QED) is 0.211. The number of fused-ring (bicyclic) bond motifs is 1. The second-order valence-corrected chi connectivity index (χ2v) is 7.92. The first-order valence-corrected chi connectivity index (χ1v) is 12.4. The number of hydrogen-bond donors (Lipinski definition) is 0. The van der Waals surface area contributed by atoms with E-state index >= 15 is 0 Å². The van der Waals surface area contributed by atoms with Crippen LogP contribution in [0, 0.1) is 0 Å². The lowest BCUT2D eigenvalue weighted by Crippen LogP contribution is -2.16. The number of esters is 3. The Bertz CT molecular complexity index is 1410. The van der Waals surface area contributed by atoms with E-state index in [1.54, 1.807) is 39.0 Å². The molecular formula is C28H30O12. The third kappa shape index (κ3) is 7.88. The highest BCUT2D eigenvalue weighted by Gasteiger charge is 2.18. The predicted molar refractivity (Wildman–Crippen MR) is 141 cm³/mol. The third-order valence-corrected chi connectivity index (χ3v) is 5.18. The summed E-state index contributed by atoms with van der Waals surface area (Å²) in [5.41, 5.74) is 0.0230. The molecule has 3 rings (SSSR count). The summed E-state index contributed by atoms with van der Waals surface area (Å²) in [4.78, 5) is 48.7. The van der Waals surface area contributed by atoms with Crippen molar-refractivity contribution in [2.45, 2.75) is 20.8 Å². The summed E-state index contributed by atoms with van der Waals surface area (Å²) < 4.78 is 42.6. The third-order valence-electron chi connectivity index (χ3n) is 5.18. The topological polar surface area (TPSA) is 146 Å². The largest absolute Gasteiger partial charge is 0.493 e. The molecule has 0 N–H and O–H groups in total. The summed E-state index contributed by atoms with van der Waals surface area (Å²) in [7, 11) is 1.44. The first-order valence-electron chi connectivity index (χ1n) is 12.4. The van der Waals surface area contributed by atoms with Crippen LogP contribution < -0.4 is 24.4 Å². The first-order chi connectivity index (χ1) is 19.3. The first kappa shape index (κ1) is 29.8. The molecule has 0 saturated heterocycles. The number of carbonyl (C=O) groups is 3. The van der Waals surface area contributed by atoms with E-state index in [-0.39, 0.29) is 60.4 Å². The molecular weight excluding hydrogens is 528 g/mol. The van der Waals surface area contributed by atoms with Crippen molar-refractivity contribution in [1.29, 1.82) is 0 Å². The van der Waals surface area contributed by atoms with Crippen LogP contribution in [0.3, 0.4) is 0 Å². The van der Waals surface area contributed by atoms with E-state index in [4.69, 9.17) is 37.6 Å². The molecule has 0 aliphatic carbocycles. The summed E-state index contributed by atoms with van der Waals surface area (Å²) in [6.07, 6.45) is 0. The lowest BCUT2D eigenvalue weighted by molar-refractivity contribution is -0.146. The SMILES string of the molecule is CCOC(=O)COc1cc(OCC(=O)OCC)c2c(=O)cc(-c3ccc(OC)c(OCC(=O)OCC)c3)oc2c1. The lowest BCUT2D eigenvalue weighted by Gasteiger charge is -2.14. The van der Waals surface area contributed by atoms with E-state index in [1.165, 1.54) is 25.3 Å². The minimum Gasteiger partial charge on any atom is -0.493 e. The molecule has 0 fully saturated rings. The number of carbonyl (C=O) groups excluding carboxylic acids is 3. The molecule has 0 amide bonds. The van der Waals surface area contributed by atoms with Crippen molar-refractivity contribution < 1.29 is 52.0 Å². The summed E-state index contributed by atoms with van der Waals surface area (Å²) in [5, 5.41) is 0.0452. The van der Waals surface area contributed by atoms with Gasteiger partial charge in [-0.05, 0) is 39.0 Å². The molecule has 3 aromatic rings. The maximum Gasteiger partial charge on any atom is 0.344 e. The molecule has 0 spiro atoms. The van der Waals surface area contributed by atoms with Gasteiger partial charge < -0.3 is 37.6 Å². The highest BCUT2D eigenvalue weighted by Crippen LogP contribution is 2.35. The number of benzene rings is 2. The van der Waals surface area contributed by atoms with Crippen molar-refractivity contribution in [3.05, 3.63) is 46.6 Å². The van der Waals surface area contributed by atoms with Crippen molar-refractivity contribution in [3.8, 4) is 34.3 Å². The van der Waals surface area contributed by atoms with Gasteiger partial charge in [-0.1, -0.05) is 0 Å². The van der Waals surface area contributed by atoms with E-state index in [2.05, 4.69) is 0 Å². The summed E-state index contributed by atoms with van der Waals surface area (Å²) in [6, 6.07) is 8.80. The van der Waals surface area contributed by atoms with Gasteiger partial charge in [-0.2, -0.15) is 0 Å². The minimum atomic E-state index is -0.636. The number of rotatable bonds is 14. The van der Waals surface area contributed by atoms with Crippen LogP contribution in [0.4, 0.5) is 0 Å². The molecule has 0 atom stereocenters. The molecule has 0 aliphatic heterocycles. The monoisotopic (exact) mass is 558 g/mol. The Balaban J connectivity index is 2.03. The highest BCUT2D eigenvalue weighted by atomic mass is 16.6. The fourth-order valence-corrected chi connectivity index (χ4v) is 3.53. The van der Waals surface area contributed by atoms with E-state index < -0.39 is 36.6 Å². The molecule has 2 aromatic carbocycles. The van der Waals surface area contributed by atoms with E-state index in [0.29, 0.717) is 11.3 Å². The van der Waals surface area contributed by atoms with E-state index in [9.17, 15) is 19.2 Å². The Kier molecular flexibility index (Phi) is 10.7. The van der Waals surface area contributed by atoms with Crippen molar-refractivity contribution in [2.24, 2.45) is 0 Å². The zero-order valence-corrected chi connectivity index (χ0v) is 22.6. The standard InChI is InChI=1S/C28H30O12/c1-5-34-25(30)14-37-18-11-23(39-16-27(32)36-7-3)28-19(29)13-21(40-24(28)12-18)17-8-9-20(33-4)22(10-17)38-15-26(31)35-6-2/h8-13H,5-7,14-16H2,1-4H3. The predicted octanol–water partition coefficient (Wildman–Crippen LogP) is 3.29. The van der Waals surface area contributed by atoms with Crippen LogP contribution in [0.15, 0.2) is 45.6 Å². The molecule has 0 saturated carbocycles. The summed E-state index contributed by atoms with van der Waals surface area (Å²) in [6.45, 7) is 4.32. The molecule has 40 heavy (non-hydrogen) atoms. The van der Waals surface area contributed by atoms with Gasteiger partial charge in [-0.3, -0.25) is 4.79 Å². The highest BCUT2D eigenvalue weighted by molar-refractivity contribution is 5.87. The molecule has 0 radical (unpaired) electrons. The Hall–Kier alpha value is -4.74. The lowest BCUT2D eigenvalue weighted by atomic mass is 10.1. The van der Waals surface area contributed by atoms with Crippen LogP contribution in [0.5, 0.6) is 23.0 Å². The fraction of sp³-hybridized carbons (Fsp3) is 0.357. The van der Waals surface area contributed by atoms with Gasteiger partial charge in [-0.15, -0.1) is 0 Å². The average molecular weight is 559 g/mol. The molecule has 12 heteroatoms. The molecule has 12 nitrogen and oxygen atoms in total. The van der Waals surface area contributed by atoms with Gasteiger partial charge in [0.05, 0.1) is 26.9 Å². The average Bonchev–Trinajstić information content (AvgIpc) is 2.93. The molecule has 1 aromatic heterocycles. The van der Waals surface area contributed by atoms with Crippen molar-refractivity contribution >= 4 is 28.9 Å². The Morgan fingerprint density at radius 1 is 0.700 bits per heavy atom. The Morgan fingerprint density at radius 2 is 1.27 bits per heavy atom. The van der Waals surface area contributed by atoms with Crippen molar-refractivity contribution in [3.63, 3.8) is 0 Å². The van der Waals surface area contributed by atoms with Crippen LogP contribution in [0.1, 0.15) is 20.8 Å². The van der Waals surface area contributed by atoms with Crippen LogP contribution in [0.25, 0.3) is 22.3 Å². The maximum absolute atomic E-state index is 13.2. The van der Waals surface area contributed by atoms with Crippen LogP contribution >= 0.6 is 0 Å². The van der Waals surface area contributed by atoms with Crippen molar-refractivity contribution in [1.82, 2.24) is 0 Å². The number of methoxy groups -OCH3 is 1. The molecule has 0 aliphatic rings.